The Morgan fingerprint density at radius 2 is 1.57 bits per heavy atom. The highest BCUT2D eigenvalue weighted by atomic mass is 16.5. The Kier molecular flexibility index (Phi) is 11.0. The van der Waals surface area contributed by atoms with Crippen LogP contribution in [0.1, 0.15) is 20.3 Å². The van der Waals surface area contributed by atoms with Crippen molar-refractivity contribution in [2.75, 3.05) is 6.61 Å². The van der Waals surface area contributed by atoms with Gasteiger partial charge in [-0.3, -0.25) is 0 Å². The first-order chi connectivity index (χ1) is 9.63. The Bertz CT molecular complexity index is 459. The van der Waals surface area contributed by atoms with Gasteiger partial charge in [-0.05, 0) is 20.3 Å². The van der Waals surface area contributed by atoms with Crippen LogP contribution in [0.3, 0.4) is 0 Å². The monoisotopic (exact) mass is 296 g/mol. The van der Waals surface area contributed by atoms with E-state index in [2.05, 4.69) is 19.7 Å². The van der Waals surface area contributed by atoms with Crippen molar-refractivity contribution in [3.63, 3.8) is 0 Å². The highest BCUT2D eigenvalue weighted by Gasteiger charge is 2.07. The number of carbonyl (C=O) groups is 3. The van der Waals surface area contributed by atoms with Crippen molar-refractivity contribution in [3.8, 4) is 0 Å². The van der Waals surface area contributed by atoms with Crippen LogP contribution >= 0.6 is 0 Å². The highest BCUT2D eigenvalue weighted by molar-refractivity contribution is 5.89. The molecule has 0 aliphatic rings. The number of rotatable bonds is 7. The van der Waals surface area contributed by atoms with Gasteiger partial charge in [-0.2, -0.15) is 0 Å². The standard InChI is InChI=1S/C11H14O4.C4H6O2/c1-4-7-15-11(14)9(3)6-5-8(2)10(12)13;1-3(2)4(5)6/h4-5H,1,3,6-7H2,2H3,(H,12,13);1H2,2H3,(H,5,6). The molecule has 0 amide bonds. The number of allylic oxidation sites excluding steroid dienone is 1. The van der Waals surface area contributed by atoms with E-state index in [0.717, 1.165) is 0 Å². The molecule has 0 aliphatic carbocycles. The molecule has 116 valence electrons. The van der Waals surface area contributed by atoms with Crippen LogP contribution in [0.4, 0.5) is 0 Å². The van der Waals surface area contributed by atoms with Crippen molar-refractivity contribution >= 4 is 17.9 Å². The minimum absolute atomic E-state index is 0.124. The Morgan fingerprint density at radius 3 is 1.90 bits per heavy atom. The number of ether oxygens (including phenoxy) is 1. The lowest BCUT2D eigenvalue weighted by Crippen LogP contribution is -2.07. The maximum atomic E-state index is 11.1. The first-order valence-corrected chi connectivity index (χ1v) is 5.88. The predicted molar refractivity (Wildman–Crippen MR) is 78.8 cm³/mol. The molecule has 0 aliphatic heterocycles. The van der Waals surface area contributed by atoms with Crippen molar-refractivity contribution in [2.45, 2.75) is 20.3 Å². The molecular formula is C15H20O6. The third kappa shape index (κ3) is 12.2. The summed E-state index contributed by atoms with van der Waals surface area (Å²) in [6, 6.07) is 0. The van der Waals surface area contributed by atoms with Gasteiger partial charge in [-0.1, -0.05) is 31.9 Å². The van der Waals surface area contributed by atoms with E-state index in [1.54, 1.807) is 0 Å². The van der Waals surface area contributed by atoms with Crippen molar-refractivity contribution in [1.29, 1.82) is 0 Å². The van der Waals surface area contributed by atoms with E-state index in [1.807, 2.05) is 0 Å². The summed E-state index contributed by atoms with van der Waals surface area (Å²) >= 11 is 0. The molecule has 21 heavy (non-hydrogen) atoms. The van der Waals surface area contributed by atoms with Crippen molar-refractivity contribution < 1.29 is 29.3 Å². The first kappa shape index (κ1) is 20.7. The summed E-state index contributed by atoms with van der Waals surface area (Å²) in [5.41, 5.74) is 0.570. The van der Waals surface area contributed by atoms with Gasteiger partial charge in [-0.25, -0.2) is 14.4 Å². The Labute approximate surface area is 123 Å². The van der Waals surface area contributed by atoms with Gasteiger partial charge in [0.15, 0.2) is 0 Å². The molecule has 0 aromatic rings. The van der Waals surface area contributed by atoms with Gasteiger partial charge >= 0.3 is 17.9 Å². The quantitative estimate of drug-likeness (QED) is 0.425. The van der Waals surface area contributed by atoms with Gasteiger partial charge < -0.3 is 14.9 Å². The van der Waals surface area contributed by atoms with Crippen LogP contribution in [0, 0.1) is 0 Å². The second-order valence-electron chi connectivity index (χ2n) is 3.97. The maximum absolute atomic E-state index is 11.1. The number of hydrogen-bond acceptors (Lipinski definition) is 4. The van der Waals surface area contributed by atoms with Gasteiger partial charge in [0, 0.05) is 16.7 Å². The lowest BCUT2D eigenvalue weighted by Gasteiger charge is -2.02. The average molecular weight is 296 g/mol. The minimum Gasteiger partial charge on any atom is -0.478 e. The summed E-state index contributed by atoms with van der Waals surface area (Å²) in [4.78, 5) is 31.2. The number of carbonyl (C=O) groups excluding carboxylic acids is 1. The van der Waals surface area contributed by atoms with Crippen LogP contribution in [0.5, 0.6) is 0 Å². The second-order valence-corrected chi connectivity index (χ2v) is 3.97. The van der Waals surface area contributed by atoms with Crippen molar-refractivity contribution in [1.82, 2.24) is 0 Å². The molecule has 6 nitrogen and oxygen atoms in total. The number of hydrogen-bond donors (Lipinski definition) is 2. The molecule has 0 fully saturated rings. The lowest BCUT2D eigenvalue weighted by molar-refractivity contribution is -0.138. The smallest absolute Gasteiger partial charge is 0.334 e. The fraction of sp³-hybridized carbons (Fsp3) is 0.267. The zero-order chi connectivity index (χ0) is 17.0. The lowest BCUT2D eigenvalue weighted by atomic mass is 10.1. The topological polar surface area (TPSA) is 101 Å². The molecule has 0 saturated carbocycles. The Morgan fingerprint density at radius 1 is 1.10 bits per heavy atom. The Balaban J connectivity index is 0. The van der Waals surface area contributed by atoms with E-state index in [-0.39, 0.29) is 29.7 Å². The number of esters is 1. The molecule has 6 heteroatoms. The average Bonchev–Trinajstić information content (AvgIpc) is 2.41. The van der Waals surface area contributed by atoms with Crippen LogP contribution in [-0.4, -0.2) is 34.7 Å². The summed E-state index contributed by atoms with van der Waals surface area (Å²) in [5, 5.41) is 16.4. The zero-order valence-electron chi connectivity index (χ0n) is 12.2. The van der Waals surface area contributed by atoms with Crippen molar-refractivity contribution in [2.24, 2.45) is 0 Å². The summed E-state index contributed by atoms with van der Waals surface area (Å²) in [5.74, 6) is -2.48. The Hall–Kier alpha value is -2.63. The molecule has 0 rings (SSSR count). The molecule has 0 bridgehead atoms. The summed E-state index contributed by atoms with van der Waals surface area (Å²) in [6.45, 7) is 13.1. The van der Waals surface area contributed by atoms with Crippen LogP contribution < -0.4 is 0 Å². The van der Waals surface area contributed by atoms with Crippen molar-refractivity contribution in [3.05, 3.63) is 48.6 Å². The van der Waals surface area contributed by atoms with E-state index in [0.29, 0.717) is 0 Å². The second kappa shape index (κ2) is 11.2. The van der Waals surface area contributed by atoms with E-state index in [4.69, 9.17) is 14.9 Å². The van der Waals surface area contributed by atoms with E-state index >= 15 is 0 Å². The normalized spacial score (nSPS) is 9.71. The van der Waals surface area contributed by atoms with Crippen LogP contribution in [-0.2, 0) is 19.1 Å². The molecule has 0 radical (unpaired) electrons. The van der Waals surface area contributed by atoms with Crippen LogP contribution in [0.15, 0.2) is 48.6 Å². The zero-order valence-corrected chi connectivity index (χ0v) is 12.2. The van der Waals surface area contributed by atoms with E-state index in [1.165, 1.54) is 26.0 Å². The minimum atomic E-state index is -1.01. The van der Waals surface area contributed by atoms with Crippen LogP contribution in [0.2, 0.25) is 0 Å². The fourth-order valence-electron chi connectivity index (χ4n) is 0.684. The van der Waals surface area contributed by atoms with E-state index < -0.39 is 17.9 Å². The molecule has 0 aromatic heterocycles. The van der Waals surface area contributed by atoms with Crippen LogP contribution in [0.25, 0.3) is 0 Å². The number of carboxylic acid groups (broad SMARTS) is 2. The molecule has 0 spiro atoms. The predicted octanol–water partition coefficient (Wildman–Crippen LogP) is 2.34. The summed E-state index contributed by atoms with van der Waals surface area (Å²) in [7, 11) is 0. The number of aliphatic carboxylic acids is 2. The van der Waals surface area contributed by atoms with E-state index in [9.17, 15) is 14.4 Å². The molecule has 0 atom stereocenters. The summed E-state index contributed by atoms with van der Waals surface area (Å²) in [6.07, 6.45) is 3.04. The molecular weight excluding hydrogens is 276 g/mol. The van der Waals surface area contributed by atoms with Gasteiger partial charge in [0.2, 0.25) is 0 Å². The van der Waals surface area contributed by atoms with Gasteiger partial charge in [0.25, 0.3) is 0 Å². The van der Waals surface area contributed by atoms with Gasteiger partial charge in [0.05, 0.1) is 0 Å². The third-order valence-electron chi connectivity index (χ3n) is 1.98. The number of carboxylic acids is 2. The maximum Gasteiger partial charge on any atom is 0.334 e. The molecule has 0 unspecified atom stereocenters. The molecule has 0 saturated heterocycles. The largest absolute Gasteiger partial charge is 0.478 e. The van der Waals surface area contributed by atoms with Gasteiger partial charge in [0.1, 0.15) is 6.61 Å². The third-order valence-corrected chi connectivity index (χ3v) is 1.98. The fourth-order valence-corrected chi connectivity index (χ4v) is 0.684. The highest BCUT2D eigenvalue weighted by Crippen LogP contribution is 2.05. The summed E-state index contributed by atoms with van der Waals surface area (Å²) < 4.78 is 4.71. The SMILES string of the molecule is C=C(C)C(=O)O.C=CCOC(=O)C(=C)CC=C(C)C(=O)O. The first-order valence-electron chi connectivity index (χ1n) is 5.88. The molecule has 2 N–H and O–H groups in total. The molecule has 0 aromatic carbocycles. The van der Waals surface area contributed by atoms with Gasteiger partial charge in [-0.15, -0.1) is 0 Å². The molecule has 0 heterocycles.